The van der Waals surface area contributed by atoms with Crippen molar-refractivity contribution in [3.05, 3.63) is 75.5 Å². The van der Waals surface area contributed by atoms with Crippen LogP contribution in [-0.2, 0) is 22.1 Å². The normalized spacial score (nSPS) is 11.7. The van der Waals surface area contributed by atoms with Crippen LogP contribution in [0.25, 0.3) is 10.9 Å². The maximum absolute atomic E-state index is 14.3. The summed E-state index contributed by atoms with van der Waals surface area (Å²) in [7, 11) is -2.37. The first-order valence-corrected chi connectivity index (χ1v) is 12.1. The molecule has 0 bridgehead atoms. The number of ether oxygens (including phenoxy) is 1. The van der Waals surface area contributed by atoms with E-state index in [1.807, 2.05) is 0 Å². The Morgan fingerprint density at radius 3 is 2.69 bits per heavy atom. The molecular formula is C21H17ClFN3O4S2. The third-order valence-electron chi connectivity index (χ3n) is 4.80. The first-order chi connectivity index (χ1) is 15.2. The first kappa shape index (κ1) is 22.3. The van der Waals surface area contributed by atoms with Crippen molar-refractivity contribution in [1.82, 2.24) is 9.78 Å². The molecule has 0 aliphatic heterocycles. The number of amides is 1. The highest BCUT2D eigenvalue weighted by atomic mass is 35.5. The highest BCUT2D eigenvalue weighted by Crippen LogP contribution is 2.34. The SMILES string of the molecule is COc1cc(F)cc2c1c(CS(=O)(=O)c1ccc(Cl)s1)nn2Cc1cccc(C(N)=O)c1. The maximum Gasteiger partial charge on any atom is 0.248 e. The molecule has 32 heavy (non-hydrogen) atoms. The van der Waals surface area contributed by atoms with Gasteiger partial charge in [-0.2, -0.15) is 5.10 Å². The van der Waals surface area contributed by atoms with E-state index in [4.69, 9.17) is 22.1 Å². The van der Waals surface area contributed by atoms with E-state index in [0.717, 1.165) is 11.3 Å². The number of aromatic nitrogens is 2. The summed E-state index contributed by atoms with van der Waals surface area (Å²) >= 11 is 6.85. The van der Waals surface area contributed by atoms with Gasteiger partial charge in [-0.05, 0) is 29.8 Å². The summed E-state index contributed by atoms with van der Waals surface area (Å²) in [6.07, 6.45) is 0. The number of fused-ring (bicyclic) bond motifs is 1. The standard InChI is InChI=1S/C21H17ClFN3O4S2/c1-30-17-9-14(23)8-16-20(17)15(11-32(28,29)19-6-5-18(22)31-19)25-26(16)10-12-3-2-4-13(7-12)21(24)27/h2-9H,10-11H2,1H3,(H2,24,27). The molecule has 1 amide bonds. The van der Waals surface area contributed by atoms with Crippen LogP contribution in [-0.4, -0.2) is 31.2 Å². The minimum Gasteiger partial charge on any atom is -0.496 e. The van der Waals surface area contributed by atoms with Gasteiger partial charge in [0, 0.05) is 17.7 Å². The van der Waals surface area contributed by atoms with Crippen molar-refractivity contribution < 1.29 is 22.3 Å². The molecule has 2 heterocycles. The number of nitrogens with zero attached hydrogens (tertiary/aromatic N) is 2. The van der Waals surface area contributed by atoms with Gasteiger partial charge >= 0.3 is 0 Å². The molecule has 0 radical (unpaired) electrons. The predicted molar refractivity (Wildman–Crippen MR) is 121 cm³/mol. The van der Waals surface area contributed by atoms with Crippen molar-refractivity contribution in [2.75, 3.05) is 7.11 Å². The minimum absolute atomic E-state index is 0.112. The topological polar surface area (TPSA) is 104 Å². The van der Waals surface area contributed by atoms with Gasteiger partial charge in [0.15, 0.2) is 9.84 Å². The van der Waals surface area contributed by atoms with Gasteiger partial charge in [0.05, 0.1) is 34.6 Å². The third kappa shape index (κ3) is 4.34. The Labute approximate surface area is 192 Å². The van der Waals surface area contributed by atoms with Gasteiger partial charge in [0.1, 0.15) is 21.5 Å². The molecule has 0 aliphatic carbocycles. The smallest absolute Gasteiger partial charge is 0.248 e. The Balaban J connectivity index is 1.83. The fraction of sp³-hybridized carbons (Fsp3) is 0.143. The fourth-order valence-electron chi connectivity index (χ4n) is 3.41. The zero-order valence-electron chi connectivity index (χ0n) is 16.7. The maximum atomic E-state index is 14.3. The van der Waals surface area contributed by atoms with Gasteiger partial charge in [-0.25, -0.2) is 12.8 Å². The molecule has 2 N–H and O–H groups in total. The fourth-order valence-corrected chi connectivity index (χ4v) is 6.25. The number of primary amides is 1. The van der Waals surface area contributed by atoms with Crippen LogP contribution in [0.3, 0.4) is 0 Å². The quantitative estimate of drug-likeness (QED) is 0.418. The van der Waals surface area contributed by atoms with Crippen molar-refractivity contribution in [3.8, 4) is 5.75 Å². The van der Waals surface area contributed by atoms with Gasteiger partial charge in [0.25, 0.3) is 0 Å². The minimum atomic E-state index is -3.75. The van der Waals surface area contributed by atoms with Crippen molar-refractivity contribution in [2.24, 2.45) is 5.73 Å². The molecule has 7 nitrogen and oxygen atoms in total. The number of carbonyl (C=O) groups is 1. The summed E-state index contributed by atoms with van der Waals surface area (Å²) in [5.74, 6) is -1.38. The molecule has 0 saturated carbocycles. The van der Waals surface area contributed by atoms with E-state index in [1.54, 1.807) is 24.3 Å². The average molecular weight is 494 g/mol. The van der Waals surface area contributed by atoms with Crippen molar-refractivity contribution in [2.45, 2.75) is 16.5 Å². The molecule has 0 aliphatic rings. The van der Waals surface area contributed by atoms with Crippen molar-refractivity contribution >= 4 is 49.6 Å². The van der Waals surface area contributed by atoms with Crippen LogP contribution in [0.15, 0.2) is 52.7 Å². The van der Waals surface area contributed by atoms with E-state index in [9.17, 15) is 17.6 Å². The molecule has 0 fully saturated rings. The molecule has 2 aromatic heterocycles. The molecule has 0 unspecified atom stereocenters. The summed E-state index contributed by atoms with van der Waals surface area (Å²) in [6.45, 7) is 0.162. The Morgan fingerprint density at radius 2 is 2.03 bits per heavy atom. The van der Waals surface area contributed by atoms with Crippen LogP contribution < -0.4 is 10.5 Å². The largest absolute Gasteiger partial charge is 0.496 e. The molecule has 0 saturated heterocycles. The van der Waals surface area contributed by atoms with Gasteiger partial charge in [-0.3, -0.25) is 9.48 Å². The Kier molecular flexibility index (Phi) is 5.93. The van der Waals surface area contributed by atoms with Crippen molar-refractivity contribution in [3.63, 3.8) is 0 Å². The van der Waals surface area contributed by atoms with Gasteiger partial charge in [0.2, 0.25) is 5.91 Å². The monoisotopic (exact) mass is 493 g/mol. The molecule has 11 heteroatoms. The Bertz CT molecular complexity index is 1450. The highest BCUT2D eigenvalue weighted by molar-refractivity contribution is 7.92. The second kappa shape index (κ2) is 8.53. The predicted octanol–water partition coefficient (Wildman–Crippen LogP) is 4.02. The molecular weight excluding hydrogens is 477 g/mol. The zero-order chi connectivity index (χ0) is 23.0. The Hall–Kier alpha value is -2.95. The molecule has 4 rings (SSSR count). The second-order valence-corrected chi connectivity index (χ2v) is 10.9. The van der Waals surface area contributed by atoms with E-state index >= 15 is 0 Å². The summed E-state index contributed by atoms with van der Waals surface area (Å²) in [5.41, 5.74) is 6.94. The van der Waals surface area contributed by atoms with Gasteiger partial charge < -0.3 is 10.5 Å². The number of rotatable bonds is 7. The number of sulfone groups is 1. The zero-order valence-corrected chi connectivity index (χ0v) is 19.1. The van der Waals surface area contributed by atoms with Crippen LogP contribution in [0.4, 0.5) is 4.39 Å². The third-order valence-corrected chi connectivity index (χ3v) is 8.24. The Morgan fingerprint density at radius 1 is 1.25 bits per heavy atom. The second-order valence-electron chi connectivity index (χ2n) is 6.99. The number of benzene rings is 2. The van der Waals surface area contributed by atoms with E-state index in [1.165, 1.54) is 36.1 Å². The number of methoxy groups -OCH3 is 1. The number of hydrogen-bond donors (Lipinski definition) is 1. The summed E-state index contributed by atoms with van der Waals surface area (Å²) in [4.78, 5) is 11.5. The lowest BCUT2D eigenvalue weighted by atomic mass is 10.1. The number of nitrogens with two attached hydrogens (primary N) is 1. The number of halogens is 2. The number of thiophene rings is 1. The molecule has 4 aromatic rings. The van der Waals surface area contributed by atoms with Crippen LogP contribution in [0, 0.1) is 5.82 Å². The average Bonchev–Trinajstić information content (AvgIpc) is 3.32. The van der Waals surface area contributed by atoms with Crippen LogP contribution in [0.5, 0.6) is 5.75 Å². The van der Waals surface area contributed by atoms with E-state index in [2.05, 4.69) is 5.10 Å². The molecule has 0 atom stereocenters. The highest BCUT2D eigenvalue weighted by Gasteiger charge is 2.24. The van der Waals surface area contributed by atoms with E-state index in [0.29, 0.717) is 26.4 Å². The van der Waals surface area contributed by atoms with Crippen LogP contribution in [0.2, 0.25) is 4.34 Å². The number of hydrogen-bond acceptors (Lipinski definition) is 6. The molecule has 0 spiro atoms. The summed E-state index contributed by atoms with van der Waals surface area (Å²) in [5, 5.41) is 4.87. The number of carbonyl (C=O) groups excluding carboxylic acids is 1. The lowest BCUT2D eigenvalue weighted by Crippen LogP contribution is -2.12. The van der Waals surface area contributed by atoms with Crippen molar-refractivity contribution in [1.29, 1.82) is 0 Å². The lowest BCUT2D eigenvalue weighted by Gasteiger charge is -2.07. The molecule has 2 aromatic carbocycles. The van der Waals surface area contributed by atoms with Crippen LogP contribution >= 0.6 is 22.9 Å². The van der Waals surface area contributed by atoms with Crippen LogP contribution in [0.1, 0.15) is 21.6 Å². The summed E-state index contributed by atoms with van der Waals surface area (Å²) in [6, 6.07) is 12.0. The van der Waals surface area contributed by atoms with E-state index in [-0.39, 0.29) is 22.2 Å². The first-order valence-electron chi connectivity index (χ1n) is 9.27. The molecule has 166 valence electrons. The van der Waals surface area contributed by atoms with E-state index < -0.39 is 27.3 Å². The summed E-state index contributed by atoms with van der Waals surface area (Å²) < 4.78 is 47.4. The van der Waals surface area contributed by atoms with Gasteiger partial charge in [-0.15, -0.1) is 11.3 Å². The van der Waals surface area contributed by atoms with Gasteiger partial charge in [-0.1, -0.05) is 23.7 Å². The lowest BCUT2D eigenvalue weighted by molar-refractivity contribution is 0.1000.